The third-order valence-corrected chi connectivity index (χ3v) is 25.1. The summed E-state index contributed by atoms with van der Waals surface area (Å²) in [6.07, 6.45) is 0. The summed E-state index contributed by atoms with van der Waals surface area (Å²) in [5, 5.41) is 31.6. The molecule has 0 aliphatic rings. The fourth-order valence-corrected chi connectivity index (χ4v) is 19.7. The SMILES string of the molecule is c1ccc(-c2c3ccccc3c(-c3ccc4c(c3)oc3c5ccccc5ccc43)c3ccccc23)cc1.c1ccc(-c2cccc(-c3c4ccccc4c(-c4ccc5c(c4)oc4cc6ccccc6cc45)c4ccccc34)c2)cc1.c1ccc2cc3c(cc2c1)oc1cc(-c2c4ccccc4c(-c4cccc5ccccc45)c4ccccc24)ccc13. The van der Waals surface area contributed by atoms with Gasteiger partial charge in [0.1, 0.15) is 33.5 Å². The lowest BCUT2D eigenvalue weighted by Crippen LogP contribution is -1.91. The Kier molecular flexibility index (Phi) is 16.3. The maximum atomic E-state index is 6.55. The van der Waals surface area contributed by atoms with Crippen LogP contribution in [0.5, 0.6) is 0 Å². The van der Waals surface area contributed by atoms with Gasteiger partial charge < -0.3 is 13.3 Å². The molecule has 3 heterocycles. The molecule has 0 N–H and O–H groups in total. The minimum atomic E-state index is 0.913. The Morgan fingerprint density at radius 3 is 0.818 bits per heavy atom. The van der Waals surface area contributed by atoms with E-state index in [9.17, 15) is 0 Å². The maximum Gasteiger partial charge on any atom is 0.143 e. The van der Waals surface area contributed by atoms with Crippen molar-refractivity contribution in [2.24, 2.45) is 0 Å². The summed E-state index contributed by atoms with van der Waals surface area (Å²) in [5.74, 6) is 0. The molecule has 0 fully saturated rings. The summed E-state index contributed by atoms with van der Waals surface area (Å²) >= 11 is 0. The topological polar surface area (TPSA) is 39.4 Å². The van der Waals surface area contributed by atoms with Crippen LogP contribution in [0.4, 0.5) is 0 Å². The Balaban J connectivity index is 0.000000103. The molecule has 0 bridgehead atoms. The highest BCUT2D eigenvalue weighted by Gasteiger charge is 2.24. The normalized spacial score (nSPS) is 11.8. The summed E-state index contributed by atoms with van der Waals surface area (Å²) in [5.41, 5.74) is 22.8. The van der Waals surface area contributed by atoms with Gasteiger partial charge in [0.25, 0.3) is 0 Å². The Labute approximate surface area is 696 Å². The lowest BCUT2D eigenvalue weighted by molar-refractivity contribution is 0.669. The van der Waals surface area contributed by atoms with Gasteiger partial charge in [-0.2, -0.15) is 0 Å². The molecule has 26 rings (SSSR count). The highest BCUT2D eigenvalue weighted by Crippen LogP contribution is 2.51. The highest BCUT2D eigenvalue weighted by atomic mass is 16.3. The third kappa shape index (κ3) is 11.6. The van der Waals surface area contributed by atoms with Crippen LogP contribution < -0.4 is 0 Å². The van der Waals surface area contributed by atoms with Crippen LogP contribution in [0.3, 0.4) is 0 Å². The van der Waals surface area contributed by atoms with Crippen molar-refractivity contribution in [1.29, 1.82) is 0 Å². The van der Waals surface area contributed by atoms with E-state index < -0.39 is 0 Å². The molecule has 3 aromatic heterocycles. The number of fused-ring (bicyclic) bond motifs is 20. The Morgan fingerprint density at radius 2 is 0.388 bits per heavy atom. The van der Waals surface area contributed by atoms with Gasteiger partial charge in [-0.3, -0.25) is 0 Å². The van der Waals surface area contributed by atoms with Crippen LogP contribution in [0, 0.1) is 0 Å². The summed E-state index contributed by atoms with van der Waals surface area (Å²) in [7, 11) is 0. The summed E-state index contributed by atoms with van der Waals surface area (Å²) < 4.78 is 19.5. The van der Waals surface area contributed by atoms with Gasteiger partial charge in [-0.25, -0.2) is 0 Å². The van der Waals surface area contributed by atoms with Crippen molar-refractivity contribution in [3.8, 4) is 77.9 Å². The second-order valence-electron chi connectivity index (χ2n) is 31.9. The fourth-order valence-electron chi connectivity index (χ4n) is 19.7. The van der Waals surface area contributed by atoms with Crippen molar-refractivity contribution in [3.05, 3.63) is 437 Å². The lowest BCUT2D eigenvalue weighted by atomic mass is 9.84. The third-order valence-electron chi connectivity index (χ3n) is 25.1. The molecule has 0 aliphatic carbocycles. The van der Waals surface area contributed by atoms with E-state index in [-0.39, 0.29) is 0 Å². The first-order valence-corrected chi connectivity index (χ1v) is 41.6. The first kappa shape index (κ1) is 69.4. The molecule has 0 atom stereocenters. The van der Waals surface area contributed by atoms with Gasteiger partial charge >= 0.3 is 0 Å². The first-order valence-electron chi connectivity index (χ1n) is 41.6. The molecule has 0 saturated carbocycles. The van der Waals surface area contributed by atoms with E-state index in [1.54, 1.807) is 0 Å². The summed E-state index contributed by atoms with van der Waals surface area (Å²) in [4.78, 5) is 0. The fraction of sp³-hybridized carbons (Fsp3) is 0. The van der Waals surface area contributed by atoms with Gasteiger partial charge in [-0.15, -0.1) is 0 Å². The van der Waals surface area contributed by atoms with Crippen molar-refractivity contribution >= 4 is 174 Å². The minimum Gasteiger partial charge on any atom is -0.456 e. The minimum absolute atomic E-state index is 0.913. The van der Waals surface area contributed by atoms with Crippen molar-refractivity contribution in [2.75, 3.05) is 0 Å². The second kappa shape index (κ2) is 28.5. The molecule has 0 amide bonds. The molecule has 3 heteroatoms. The van der Waals surface area contributed by atoms with E-state index in [0.29, 0.717) is 0 Å². The molecule has 121 heavy (non-hydrogen) atoms. The molecule has 26 aromatic rings. The largest absolute Gasteiger partial charge is 0.456 e. The molecule has 0 spiro atoms. The predicted octanol–water partition coefficient (Wildman–Crippen LogP) is 34.0. The van der Waals surface area contributed by atoms with Crippen molar-refractivity contribution in [2.45, 2.75) is 0 Å². The maximum absolute atomic E-state index is 6.55. The molecule has 3 nitrogen and oxygen atoms in total. The standard InChI is InChI=1S/C42H26O.C40H24O.C36H22O/c1-2-11-27(12-3-1)28-15-10-16-31(23-28)41-34-17-6-8-19-36(34)42(37-20-9-7-18-35(37)41)32-21-22-33-38-24-29-13-4-5-14-30(29)25-40(38)43-39(33)26-32;1-2-12-27-23-38-36(22-26(27)11-1)30-21-20-28(24-37(30)41-38)39-32-15-5-7-17-34(32)40(35-18-8-6-16-33(35)39)31-19-9-13-25-10-3-4-14-29(25)31;1-2-11-24(12-3-1)34-28-14-6-8-16-30(28)35(31-17-9-7-15-29(31)34)25-19-20-27-32-21-18-23-10-4-5-13-26(23)36(32)37-33(27)22-25/h1-26H;1-24H;1-22H. The zero-order chi connectivity index (χ0) is 79.6. The van der Waals surface area contributed by atoms with E-state index >= 15 is 0 Å². The van der Waals surface area contributed by atoms with E-state index in [0.717, 1.165) is 82.3 Å². The molecule has 0 unspecified atom stereocenters. The van der Waals surface area contributed by atoms with E-state index in [4.69, 9.17) is 13.3 Å². The number of furan rings is 3. The molecule has 0 radical (unpaired) electrons. The average molecular weight is 1540 g/mol. The van der Waals surface area contributed by atoms with E-state index in [1.165, 1.54) is 169 Å². The zero-order valence-corrected chi connectivity index (χ0v) is 65.8. The lowest BCUT2D eigenvalue weighted by Gasteiger charge is -2.18. The Bertz CT molecular complexity index is 8540. The number of benzene rings is 23. The molecule has 23 aromatic carbocycles. The number of rotatable bonds is 7. The predicted molar refractivity (Wildman–Crippen MR) is 514 cm³/mol. The quantitative estimate of drug-likeness (QED) is 0.149. The van der Waals surface area contributed by atoms with Crippen molar-refractivity contribution in [3.63, 3.8) is 0 Å². The van der Waals surface area contributed by atoms with Gasteiger partial charge in [0.05, 0.1) is 0 Å². The van der Waals surface area contributed by atoms with Gasteiger partial charge in [0.15, 0.2) is 0 Å². The van der Waals surface area contributed by atoms with Gasteiger partial charge in [-0.1, -0.05) is 364 Å². The molecular weight excluding hydrogens is 1470 g/mol. The summed E-state index contributed by atoms with van der Waals surface area (Å²) in [6.45, 7) is 0. The molecule has 562 valence electrons. The van der Waals surface area contributed by atoms with Crippen LogP contribution in [-0.2, 0) is 0 Å². The van der Waals surface area contributed by atoms with Crippen LogP contribution in [0.15, 0.2) is 450 Å². The monoisotopic (exact) mass is 1540 g/mol. The molecule has 0 saturated heterocycles. The van der Waals surface area contributed by atoms with Crippen LogP contribution in [0.1, 0.15) is 0 Å². The van der Waals surface area contributed by atoms with E-state index in [2.05, 4.69) is 437 Å². The zero-order valence-electron chi connectivity index (χ0n) is 65.8. The number of hydrogen-bond acceptors (Lipinski definition) is 3. The average Bonchev–Trinajstić information content (AvgIpc) is 1.46. The Morgan fingerprint density at radius 1 is 0.116 bits per heavy atom. The van der Waals surface area contributed by atoms with Crippen molar-refractivity contribution < 1.29 is 13.3 Å². The smallest absolute Gasteiger partial charge is 0.143 e. The molecule has 0 aliphatic heterocycles. The van der Waals surface area contributed by atoms with Crippen LogP contribution in [-0.4, -0.2) is 0 Å². The highest BCUT2D eigenvalue weighted by molar-refractivity contribution is 6.27. The van der Waals surface area contributed by atoms with Crippen LogP contribution in [0.2, 0.25) is 0 Å². The van der Waals surface area contributed by atoms with Crippen LogP contribution >= 0.6 is 0 Å². The van der Waals surface area contributed by atoms with Gasteiger partial charge in [0, 0.05) is 37.7 Å². The van der Waals surface area contributed by atoms with Gasteiger partial charge in [0.2, 0.25) is 0 Å². The van der Waals surface area contributed by atoms with Gasteiger partial charge in [-0.05, 0) is 253 Å². The Hall–Kier alpha value is -15.9. The number of hydrogen-bond donors (Lipinski definition) is 0. The van der Waals surface area contributed by atoms with Crippen molar-refractivity contribution in [1.82, 2.24) is 0 Å². The van der Waals surface area contributed by atoms with Crippen LogP contribution in [0.25, 0.3) is 251 Å². The first-order chi connectivity index (χ1) is 60.0. The van der Waals surface area contributed by atoms with E-state index in [1.807, 2.05) is 0 Å². The summed E-state index contributed by atoms with van der Waals surface area (Å²) in [6, 6.07) is 157. The second-order valence-corrected chi connectivity index (χ2v) is 31.9. The molecular formula is C118H72O3.